The Hall–Kier alpha value is -0.570. The zero-order valence-corrected chi connectivity index (χ0v) is 11.9. The van der Waals surface area contributed by atoms with Gasteiger partial charge in [-0.1, -0.05) is 45.4 Å². The second-order valence-corrected chi connectivity index (χ2v) is 5.44. The van der Waals surface area contributed by atoms with Crippen molar-refractivity contribution in [2.45, 2.75) is 77.2 Å². The summed E-state index contributed by atoms with van der Waals surface area (Å²) >= 11 is 0. The lowest BCUT2D eigenvalue weighted by atomic mass is 10.1. The fraction of sp³-hybridized carbons (Fsp3) is 0.933. The minimum Gasteiger partial charge on any atom is -0.394 e. The maximum absolute atomic E-state index is 12.0. The molecule has 1 atom stereocenters. The van der Waals surface area contributed by atoms with Crippen LogP contribution in [0.1, 0.15) is 71.1 Å². The van der Waals surface area contributed by atoms with Crippen LogP contribution in [-0.4, -0.2) is 35.1 Å². The molecule has 0 aliphatic carbocycles. The van der Waals surface area contributed by atoms with Gasteiger partial charge in [0.05, 0.1) is 12.6 Å². The molecular formula is C15H29NO2. The van der Waals surface area contributed by atoms with Gasteiger partial charge in [-0.15, -0.1) is 0 Å². The Morgan fingerprint density at radius 3 is 2.50 bits per heavy atom. The maximum atomic E-state index is 12.0. The van der Waals surface area contributed by atoms with Crippen molar-refractivity contribution in [2.75, 3.05) is 13.2 Å². The number of aliphatic hydroxyl groups is 1. The van der Waals surface area contributed by atoms with Crippen LogP contribution in [0.25, 0.3) is 0 Å². The Balaban J connectivity index is 2.03. The SMILES string of the molecule is CCCCCCCCCC(=O)N1CCC[C@H]1CO. The molecule has 0 aromatic rings. The van der Waals surface area contributed by atoms with Crippen molar-refractivity contribution < 1.29 is 9.90 Å². The minimum atomic E-state index is 0.0991. The van der Waals surface area contributed by atoms with Gasteiger partial charge in [-0.2, -0.15) is 0 Å². The molecule has 106 valence electrons. The van der Waals surface area contributed by atoms with Crippen LogP contribution in [0.2, 0.25) is 0 Å². The molecule has 1 aliphatic rings. The number of carbonyl (C=O) groups excluding carboxylic acids is 1. The molecule has 1 heterocycles. The Bertz CT molecular complexity index is 231. The van der Waals surface area contributed by atoms with E-state index in [0.717, 1.165) is 25.8 Å². The molecule has 3 heteroatoms. The van der Waals surface area contributed by atoms with Crippen LogP contribution in [0.4, 0.5) is 0 Å². The van der Waals surface area contributed by atoms with Gasteiger partial charge >= 0.3 is 0 Å². The lowest BCUT2D eigenvalue weighted by molar-refractivity contribution is -0.132. The molecule has 0 aromatic carbocycles. The summed E-state index contributed by atoms with van der Waals surface area (Å²) in [6, 6.07) is 0.0991. The summed E-state index contributed by atoms with van der Waals surface area (Å²) in [7, 11) is 0. The van der Waals surface area contributed by atoms with E-state index in [1.807, 2.05) is 4.90 Å². The monoisotopic (exact) mass is 255 g/mol. The highest BCUT2D eigenvalue weighted by molar-refractivity contribution is 5.76. The largest absolute Gasteiger partial charge is 0.394 e. The van der Waals surface area contributed by atoms with E-state index >= 15 is 0 Å². The number of nitrogens with zero attached hydrogens (tertiary/aromatic N) is 1. The number of amides is 1. The molecule has 0 spiro atoms. The van der Waals surface area contributed by atoms with E-state index in [2.05, 4.69) is 6.92 Å². The van der Waals surface area contributed by atoms with E-state index in [4.69, 9.17) is 0 Å². The molecule has 1 N–H and O–H groups in total. The first-order chi connectivity index (χ1) is 8.79. The molecule has 1 rings (SSSR count). The van der Waals surface area contributed by atoms with E-state index in [9.17, 15) is 9.90 Å². The molecule has 0 radical (unpaired) electrons. The third kappa shape index (κ3) is 5.38. The molecule has 3 nitrogen and oxygen atoms in total. The first-order valence-corrected chi connectivity index (χ1v) is 7.70. The van der Waals surface area contributed by atoms with Gasteiger partial charge in [0, 0.05) is 13.0 Å². The summed E-state index contributed by atoms with van der Waals surface area (Å²) in [5, 5.41) is 9.18. The second kappa shape index (κ2) is 9.37. The van der Waals surface area contributed by atoms with Crippen LogP contribution in [0.5, 0.6) is 0 Å². The molecule has 0 saturated carbocycles. The molecule has 0 aromatic heterocycles. The van der Waals surface area contributed by atoms with Gasteiger partial charge in [0.15, 0.2) is 0 Å². The van der Waals surface area contributed by atoms with Gasteiger partial charge in [-0.05, 0) is 19.3 Å². The Morgan fingerprint density at radius 1 is 1.17 bits per heavy atom. The summed E-state index contributed by atoms with van der Waals surface area (Å²) in [6.07, 6.45) is 11.4. The topological polar surface area (TPSA) is 40.5 Å². The van der Waals surface area contributed by atoms with E-state index < -0.39 is 0 Å². The van der Waals surface area contributed by atoms with Crippen molar-refractivity contribution in [3.05, 3.63) is 0 Å². The van der Waals surface area contributed by atoms with Gasteiger partial charge in [0.25, 0.3) is 0 Å². The van der Waals surface area contributed by atoms with E-state index in [1.165, 1.54) is 38.5 Å². The maximum Gasteiger partial charge on any atom is 0.222 e. The molecule has 0 unspecified atom stereocenters. The van der Waals surface area contributed by atoms with Crippen LogP contribution in [0.3, 0.4) is 0 Å². The zero-order valence-electron chi connectivity index (χ0n) is 11.9. The van der Waals surface area contributed by atoms with Crippen LogP contribution in [0.15, 0.2) is 0 Å². The number of carbonyl (C=O) groups is 1. The Kier molecular flexibility index (Phi) is 8.06. The first-order valence-electron chi connectivity index (χ1n) is 7.70. The molecule has 1 saturated heterocycles. The van der Waals surface area contributed by atoms with Crippen LogP contribution < -0.4 is 0 Å². The predicted octanol–water partition coefficient (Wildman–Crippen LogP) is 3.11. The highest BCUT2D eigenvalue weighted by atomic mass is 16.3. The fourth-order valence-corrected chi connectivity index (χ4v) is 2.73. The number of rotatable bonds is 9. The molecule has 1 fully saturated rings. The number of hydrogen-bond donors (Lipinski definition) is 1. The number of unbranched alkanes of at least 4 members (excludes halogenated alkanes) is 6. The van der Waals surface area contributed by atoms with Crippen LogP contribution >= 0.6 is 0 Å². The minimum absolute atomic E-state index is 0.0991. The summed E-state index contributed by atoms with van der Waals surface area (Å²) in [5.74, 6) is 0.250. The average Bonchev–Trinajstić information content (AvgIpc) is 2.85. The first kappa shape index (κ1) is 15.5. The standard InChI is InChI=1S/C15H29NO2/c1-2-3-4-5-6-7-8-11-15(18)16-12-9-10-14(16)13-17/h14,17H,2-13H2,1H3/t14-/m0/s1. The van der Waals surface area contributed by atoms with Gasteiger partial charge in [0.1, 0.15) is 0 Å². The van der Waals surface area contributed by atoms with Crippen molar-refractivity contribution >= 4 is 5.91 Å². The normalized spacial score (nSPS) is 19.4. The van der Waals surface area contributed by atoms with Gasteiger partial charge in [0.2, 0.25) is 5.91 Å². The van der Waals surface area contributed by atoms with Gasteiger partial charge < -0.3 is 10.0 Å². The number of hydrogen-bond acceptors (Lipinski definition) is 2. The summed E-state index contributed by atoms with van der Waals surface area (Å²) in [5.41, 5.74) is 0. The number of likely N-dealkylation sites (tertiary alicyclic amines) is 1. The highest BCUT2D eigenvalue weighted by Crippen LogP contribution is 2.18. The lowest BCUT2D eigenvalue weighted by Crippen LogP contribution is -2.37. The van der Waals surface area contributed by atoms with Crippen LogP contribution in [0, 0.1) is 0 Å². The van der Waals surface area contributed by atoms with E-state index in [1.54, 1.807) is 0 Å². The second-order valence-electron chi connectivity index (χ2n) is 5.44. The van der Waals surface area contributed by atoms with Gasteiger partial charge in [-0.25, -0.2) is 0 Å². The molecule has 18 heavy (non-hydrogen) atoms. The predicted molar refractivity (Wildman–Crippen MR) is 74.4 cm³/mol. The molecule has 1 aliphatic heterocycles. The molecule has 1 amide bonds. The van der Waals surface area contributed by atoms with Crippen molar-refractivity contribution in [3.63, 3.8) is 0 Å². The smallest absolute Gasteiger partial charge is 0.222 e. The highest BCUT2D eigenvalue weighted by Gasteiger charge is 2.27. The quantitative estimate of drug-likeness (QED) is 0.643. The summed E-state index contributed by atoms with van der Waals surface area (Å²) in [6.45, 7) is 3.20. The molecular weight excluding hydrogens is 226 g/mol. The summed E-state index contributed by atoms with van der Waals surface area (Å²) in [4.78, 5) is 13.9. The van der Waals surface area contributed by atoms with Crippen molar-refractivity contribution in [1.29, 1.82) is 0 Å². The third-order valence-electron chi connectivity index (χ3n) is 3.90. The molecule has 0 bridgehead atoms. The number of aliphatic hydroxyl groups excluding tert-OH is 1. The average molecular weight is 255 g/mol. The third-order valence-corrected chi connectivity index (χ3v) is 3.90. The van der Waals surface area contributed by atoms with Crippen LogP contribution in [-0.2, 0) is 4.79 Å². The van der Waals surface area contributed by atoms with E-state index in [-0.39, 0.29) is 18.6 Å². The van der Waals surface area contributed by atoms with Crippen molar-refractivity contribution in [2.24, 2.45) is 0 Å². The zero-order chi connectivity index (χ0) is 13.2. The van der Waals surface area contributed by atoms with Gasteiger partial charge in [-0.3, -0.25) is 4.79 Å². The fourth-order valence-electron chi connectivity index (χ4n) is 2.73. The lowest BCUT2D eigenvalue weighted by Gasteiger charge is -2.22. The Labute approximate surface area is 112 Å². The Morgan fingerprint density at radius 2 is 1.83 bits per heavy atom. The van der Waals surface area contributed by atoms with Crippen molar-refractivity contribution in [3.8, 4) is 0 Å². The summed E-state index contributed by atoms with van der Waals surface area (Å²) < 4.78 is 0. The van der Waals surface area contributed by atoms with Crippen molar-refractivity contribution in [1.82, 2.24) is 4.90 Å². The van der Waals surface area contributed by atoms with E-state index in [0.29, 0.717) is 6.42 Å².